The lowest BCUT2D eigenvalue weighted by Crippen LogP contribution is -2.19. The number of rotatable bonds is 10. The van der Waals surface area contributed by atoms with Gasteiger partial charge < -0.3 is 20.5 Å². The first kappa shape index (κ1) is 17.4. The lowest BCUT2D eigenvalue weighted by Gasteiger charge is -2.15. The molecule has 1 atom stereocenters. The first-order valence-electron chi connectivity index (χ1n) is 7.59. The van der Waals surface area contributed by atoms with E-state index in [0.29, 0.717) is 17.9 Å². The van der Waals surface area contributed by atoms with Crippen LogP contribution in [0.1, 0.15) is 47.0 Å². The fourth-order valence-electron chi connectivity index (χ4n) is 1.69. The third kappa shape index (κ3) is 7.08. The second kappa shape index (κ2) is 9.33. The number of aromatic nitrogens is 3. The van der Waals surface area contributed by atoms with Crippen LogP contribution >= 0.6 is 0 Å². The summed E-state index contributed by atoms with van der Waals surface area (Å²) in [7, 11) is 0. The Labute approximate surface area is 126 Å². The Morgan fingerprint density at radius 3 is 2.48 bits per heavy atom. The van der Waals surface area contributed by atoms with Gasteiger partial charge >= 0.3 is 6.01 Å². The molecule has 0 amide bonds. The van der Waals surface area contributed by atoms with Gasteiger partial charge in [-0.25, -0.2) is 0 Å². The van der Waals surface area contributed by atoms with Crippen molar-refractivity contribution in [1.29, 1.82) is 0 Å². The van der Waals surface area contributed by atoms with Crippen LogP contribution in [0.15, 0.2) is 0 Å². The van der Waals surface area contributed by atoms with Gasteiger partial charge in [0, 0.05) is 19.2 Å². The largest absolute Gasteiger partial charge is 0.461 e. The number of nitrogens with one attached hydrogen (secondary N) is 2. The van der Waals surface area contributed by atoms with Gasteiger partial charge in [0.25, 0.3) is 0 Å². The van der Waals surface area contributed by atoms with Crippen LogP contribution in [0.3, 0.4) is 0 Å². The lowest BCUT2D eigenvalue weighted by molar-refractivity contribution is 0.222. The molecule has 1 aromatic rings. The minimum absolute atomic E-state index is 0.00564. The number of hydrogen-bond donors (Lipinski definition) is 3. The van der Waals surface area contributed by atoms with Crippen molar-refractivity contribution in [2.45, 2.75) is 59.1 Å². The summed E-state index contributed by atoms with van der Waals surface area (Å²) in [4.78, 5) is 12.9. The number of nitrogens with zero attached hydrogens (tertiary/aromatic N) is 3. The molecule has 1 aromatic heterocycles. The van der Waals surface area contributed by atoms with Crippen LogP contribution in [0.25, 0.3) is 0 Å². The standard InChI is InChI=1S/C14H27N5O2/c1-5-8-15-12-17-13(16-11(4)7-6-9-20)19-14(18-12)21-10(2)3/h10-11,20H,5-9H2,1-4H3,(H2,15,16,17,18,19). The van der Waals surface area contributed by atoms with E-state index < -0.39 is 0 Å². The molecule has 0 bridgehead atoms. The predicted octanol–water partition coefficient (Wildman–Crippen LogP) is 2.05. The average molecular weight is 297 g/mol. The zero-order valence-corrected chi connectivity index (χ0v) is 13.4. The smallest absolute Gasteiger partial charge is 0.323 e. The Morgan fingerprint density at radius 2 is 1.86 bits per heavy atom. The van der Waals surface area contributed by atoms with Crippen LogP contribution in [0.4, 0.5) is 11.9 Å². The second-order valence-corrected chi connectivity index (χ2v) is 5.27. The molecule has 7 nitrogen and oxygen atoms in total. The molecule has 1 unspecified atom stereocenters. The van der Waals surface area contributed by atoms with Gasteiger partial charge in [0.1, 0.15) is 0 Å². The number of aliphatic hydroxyl groups excluding tert-OH is 1. The summed E-state index contributed by atoms with van der Waals surface area (Å²) in [6.45, 7) is 8.95. The van der Waals surface area contributed by atoms with Crippen molar-refractivity contribution in [2.24, 2.45) is 0 Å². The molecule has 21 heavy (non-hydrogen) atoms. The van der Waals surface area contributed by atoms with Gasteiger partial charge in [-0.3, -0.25) is 0 Å². The SMILES string of the molecule is CCCNc1nc(NC(C)CCCO)nc(OC(C)C)n1. The van der Waals surface area contributed by atoms with E-state index in [-0.39, 0.29) is 18.8 Å². The van der Waals surface area contributed by atoms with E-state index in [1.54, 1.807) is 0 Å². The van der Waals surface area contributed by atoms with Crippen molar-refractivity contribution >= 4 is 11.9 Å². The second-order valence-electron chi connectivity index (χ2n) is 5.27. The maximum atomic E-state index is 8.87. The number of ether oxygens (including phenoxy) is 1. The van der Waals surface area contributed by atoms with Crippen molar-refractivity contribution in [3.63, 3.8) is 0 Å². The van der Waals surface area contributed by atoms with Gasteiger partial charge in [0.05, 0.1) is 6.10 Å². The highest BCUT2D eigenvalue weighted by molar-refractivity contribution is 5.36. The molecule has 1 heterocycles. The summed E-state index contributed by atoms with van der Waals surface area (Å²) in [6.07, 6.45) is 2.59. The van der Waals surface area contributed by atoms with Crippen molar-refractivity contribution in [2.75, 3.05) is 23.8 Å². The fourth-order valence-corrected chi connectivity index (χ4v) is 1.69. The summed E-state index contributed by atoms with van der Waals surface area (Å²) >= 11 is 0. The Morgan fingerprint density at radius 1 is 1.14 bits per heavy atom. The maximum Gasteiger partial charge on any atom is 0.323 e. The zero-order chi connectivity index (χ0) is 15.7. The van der Waals surface area contributed by atoms with E-state index in [9.17, 15) is 0 Å². The number of aliphatic hydroxyl groups is 1. The summed E-state index contributed by atoms with van der Waals surface area (Å²) < 4.78 is 5.56. The van der Waals surface area contributed by atoms with E-state index in [1.165, 1.54) is 0 Å². The first-order valence-corrected chi connectivity index (χ1v) is 7.59. The summed E-state index contributed by atoms with van der Waals surface area (Å²) in [5.41, 5.74) is 0. The molecular weight excluding hydrogens is 270 g/mol. The Hall–Kier alpha value is -1.63. The van der Waals surface area contributed by atoms with E-state index in [2.05, 4.69) is 32.5 Å². The van der Waals surface area contributed by atoms with Crippen LogP contribution in [0.2, 0.25) is 0 Å². The molecule has 1 rings (SSSR count). The predicted molar refractivity (Wildman–Crippen MR) is 83.8 cm³/mol. The van der Waals surface area contributed by atoms with Crippen LogP contribution in [-0.4, -0.2) is 45.4 Å². The number of hydrogen-bond acceptors (Lipinski definition) is 7. The molecule has 3 N–H and O–H groups in total. The van der Waals surface area contributed by atoms with Gasteiger partial charge in [0.15, 0.2) is 0 Å². The molecule has 0 fully saturated rings. The topological polar surface area (TPSA) is 92.2 Å². The van der Waals surface area contributed by atoms with Crippen molar-refractivity contribution in [1.82, 2.24) is 15.0 Å². The van der Waals surface area contributed by atoms with Crippen LogP contribution in [0.5, 0.6) is 6.01 Å². The molecule has 0 aliphatic rings. The first-order chi connectivity index (χ1) is 10.0. The third-order valence-corrected chi connectivity index (χ3v) is 2.66. The Bertz CT molecular complexity index is 414. The summed E-state index contributed by atoms with van der Waals surface area (Å²) in [6, 6.07) is 0.487. The van der Waals surface area contributed by atoms with Crippen LogP contribution in [0, 0.1) is 0 Å². The normalized spacial score (nSPS) is 12.3. The number of anilines is 2. The Balaban J connectivity index is 2.79. The van der Waals surface area contributed by atoms with Gasteiger partial charge in [-0.15, -0.1) is 0 Å². The quantitative estimate of drug-likeness (QED) is 0.608. The van der Waals surface area contributed by atoms with E-state index in [0.717, 1.165) is 25.8 Å². The lowest BCUT2D eigenvalue weighted by atomic mass is 10.2. The molecule has 0 aliphatic carbocycles. The van der Waals surface area contributed by atoms with E-state index in [1.807, 2.05) is 20.8 Å². The minimum atomic E-state index is 0.00564. The molecule has 7 heteroatoms. The average Bonchev–Trinajstić information content (AvgIpc) is 2.42. The molecule has 0 aromatic carbocycles. The molecule has 120 valence electrons. The van der Waals surface area contributed by atoms with Crippen molar-refractivity contribution in [3.05, 3.63) is 0 Å². The third-order valence-electron chi connectivity index (χ3n) is 2.66. The minimum Gasteiger partial charge on any atom is -0.461 e. The highest BCUT2D eigenvalue weighted by Gasteiger charge is 2.11. The van der Waals surface area contributed by atoms with Crippen molar-refractivity contribution in [3.8, 4) is 6.01 Å². The summed E-state index contributed by atoms with van der Waals surface area (Å²) in [5, 5.41) is 15.2. The highest BCUT2D eigenvalue weighted by atomic mass is 16.5. The van der Waals surface area contributed by atoms with Gasteiger partial charge in [-0.05, 0) is 40.0 Å². The Kier molecular flexibility index (Phi) is 7.74. The fraction of sp³-hybridized carbons (Fsp3) is 0.786. The van der Waals surface area contributed by atoms with Crippen molar-refractivity contribution < 1.29 is 9.84 Å². The molecule has 0 saturated heterocycles. The van der Waals surface area contributed by atoms with E-state index >= 15 is 0 Å². The van der Waals surface area contributed by atoms with Gasteiger partial charge in [-0.2, -0.15) is 15.0 Å². The molecule has 0 spiro atoms. The molecule has 0 saturated carbocycles. The van der Waals surface area contributed by atoms with Crippen LogP contribution < -0.4 is 15.4 Å². The highest BCUT2D eigenvalue weighted by Crippen LogP contribution is 2.14. The van der Waals surface area contributed by atoms with E-state index in [4.69, 9.17) is 9.84 Å². The molecular formula is C14H27N5O2. The maximum absolute atomic E-state index is 8.87. The molecule has 0 aliphatic heterocycles. The summed E-state index contributed by atoms with van der Waals surface area (Å²) in [5.74, 6) is 1.00. The molecule has 0 radical (unpaired) electrons. The van der Waals surface area contributed by atoms with Gasteiger partial charge in [0.2, 0.25) is 11.9 Å². The zero-order valence-electron chi connectivity index (χ0n) is 13.4. The van der Waals surface area contributed by atoms with Gasteiger partial charge in [-0.1, -0.05) is 6.92 Å². The monoisotopic (exact) mass is 297 g/mol. The van der Waals surface area contributed by atoms with Crippen LogP contribution in [-0.2, 0) is 0 Å².